The Bertz CT molecular complexity index is 232. The molecule has 0 aromatic heterocycles. The fourth-order valence-corrected chi connectivity index (χ4v) is 3.24. The summed E-state index contributed by atoms with van der Waals surface area (Å²) in [6.45, 7) is 4.07. The molecular formula is C4H12NO4PS. The van der Waals surface area contributed by atoms with Gasteiger partial charge in [0.25, 0.3) is 7.15 Å². The topological polar surface area (TPSA) is 74.7 Å². The lowest BCUT2D eigenvalue weighted by molar-refractivity contribution is 0.451. The molecule has 5 nitrogen and oxygen atoms in total. The highest BCUT2D eigenvalue weighted by Gasteiger charge is 2.20. The molecule has 68 valence electrons. The molecule has 0 amide bonds. The van der Waals surface area contributed by atoms with Crippen LogP contribution in [0.4, 0.5) is 0 Å². The van der Waals surface area contributed by atoms with E-state index >= 15 is 0 Å². The van der Waals surface area contributed by atoms with Crippen LogP contribution in [0.1, 0.15) is 13.8 Å². The molecule has 0 fully saturated rings. The van der Waals surface area contributed by atoms with E-state index < -0.39 is 16.9 Å². The molecule has 11 heavy (non-hydrogen) atoms. The molecular weight excluding hydrogens is 189 g/mol. The maximum atomic E-state index is 10.9. The van der Waals surface area contributed by atoms with Crippen molar-refractivity contribution in [1.82, 2.24) is 4.67 Å². The van der Waals surface area contributed by atoms with Crippen LogP contribution in [0.2, 0.25) is 0 Å². The Morgan fingerprint density at radius 1 is 1.36 bits per heavy atom. The Labute approximate surface area is 66.7 Å². The van der Waals surface area contributed by atoms with E-state index in [0.29, 0.717) is 13.1 Å². The van der Waals surface area contributed by atoms with Gasteiger partial charge in [0, 0.05) is 13.1 Å². The molecule has 1 unspecified atom stereocenters. The summed E-state index contributed by atoms with van der Waals surface area (Å²) in [4.78, 5) is 0. The SMILES string of the molecule is CCN(CC)[PH](=O)S(=O)(=O)O. The Kier molecular flexibility index (Phi) is 4.25. The lowest BCUT2D eigenvalue weighted by atomic mass is 10.7. The first kappa shape index (κ1) is 11.1. The van der Waals surface area contributed by atoms with Crippen molar-refractivity contribution < 1.29 is 17.5 Å². The van der Waals surface area contributed by atoms with Gasteiger partial charge in [-0.15, -0.1) is 0 Å². The Morgan fingerprint density at radius 3 is 1.82 bits per heavy atom. The van der Waals surface area contributed by atoms with Gasteiger partial charge in [-0.3, -0.25) is 9.12 Å². The second-order valence-corrected chi connectivity index (χ2v) is 6.62. The van der Waals surface area contributed by atoms with Crippen molar-refractivity contribution in [2.45, 2.75) is 13.8 Å². The minimum atomic E-state index is -4.35. The predicted molar refractivity (Wildman–Crippen MR) is 43.5 cm³/mol. The van der Waals surface area contributed by atoms with E-state index in [0.717, 1.165) is 0 Å². The summed E-state index contributed by atoms with van der Waals surface area (Å²) in [5.41, 5.74) is 0. The Hall–Kier alpha value is 0.100. The highest BCUT2D eigenvalue weighted by molar-refractivity contribution is 8.42. The first-order chi connectivity index (χ1) is 4.93. The third-order valence-electron chi connectivity index (χ3n) is 1.24. The summed E-state index contributed by atoms with van der Waals surface area (Å²) in [5.74, 6) is 0. The number of hydrogen-bond acceptors (Lipinski definition) is 3. The van der Waals surface area contributed by atoms with Crippen LogP contribution in [0.3, 0.4) is 0 Å². The van der Waals surface area contributed by atoms with Crippen LogP contribution in [0.25, 0.3) is 0 Å². The molecule has 0 heterocycles. The molecule has 0 aliphatic rings. The molecule has 0 radical (unpaired) electrons. The third-order valence-corrected chi connectivity index (χ3v) is 4.93. The van der Waals surface area contributed by atoms with Crippen LogP contribution < -0.4 is 0 Å². The number of hydrogen-bond donors (Lipinski definition) is 1. The summed E-state index contributed by atoms with van der Waals surface area (Å²) in [6.07, 6.45) is 0. The van der Waals surface area contributed by atoms with Crippen LogP contribution in [0.5, 0.6) is 0 Å². The quantitative estimate of drug-likeness (QED) is 0.532. The molecule has 0 aliphatic carbocycles. The zero-order chi connectivity index (χ0) is 9.07. The Balaban J connectivity index is 4.48. The second-order valence-electron chi connectivity index (χ2n) is 1.91. The van der Waals surface area contributed by atoms with Gasteiger partial charge in [-0.1, -0.05) is 13.8 Å². The number of nitrogens with zero attached hydrogens (tertiary/aromatic N) is 1. The molecule has 7 heteroatoms. The molecule has 0 aromatic carbocycles. The average molecular weight is 201 g/mol. The monoisotopic (exact) mass is 201 g/mol. The standard InChI is InChI=1S/C4H12NO4PS/c1-3-5(4-2)10(6)11(7,8)9/h10H,3-4H2,1-2H3,(H,7,8,9). The van der Waals surface area contributed by atoms with Crippen LogP contribution in [0.15, 0.2) is 0 Å². The number of rotatable bonds is 4. The third kappa shape index (κ3) is 3.33. The van der Waals surface area contributed by atoms with Crippen LogP contribution in [0, 0.1) is 0 Å². The van der Waals surface area contributed by atoms with Crippen molar-refractivity contribution in [3.63, 3.8) is 0 Å². The van der Waals surface area contributed by atoms with E-state index in [9.17, 15) is 13.0 Å². The minimum Gasteiger partial charge on any atom is -0.290 e. The average Bonchev–Trinajstić information content (AvgIpc) is 1.88. The van der Waals surface area contributed by atoms with Crippen molar-refractivity contribution >= 4 is 16.9 Å². The second kappa shape index (κ2) is 4.21. The van der Waals surface area contributed by atoms with Crippen molar-refractivity contribution in [2.75, 3.05) is 13.1 Å². The predicted octanol–water partition coefficient (Wildman–Crippen LogP) is 0.606. The van der Waals surface area contributed by atoms with Gasteiger partial charge < -0.3 is 0 Å². The molecule has 0 saturated heterocycles. The van der Waals surface area contributed by atoms with E-state index in [4.69, 9.17) is 4.55 Å². The van der Waals surface area contributed by atoms with E-state index in [1.165, 1.54) is 4.67 Å². The van der Waals surface area contributed by atoms with Gasteiger partial charge in [-0.25, -0.2) is 4.67 Å². The molecule has 0 bridgehead atoms. The molecule has 0 rings (SSSR count). The van der Waals surface area contributed by atoms with Crippen molar-refractivity contribution in [3.8, 4) is 0 Å². The molecule has 1 atom stereocenters. The summed E-state index contributed by atoms with van der Waals surface area (Å²) >= 11 is 0. The largest absolute Gasteiger partial charge is 0.327 e. The highest BCUT2D eigenvalue weighted by Crippen LogP contribution is 2.32. The maximum Gasteiger partial charge on any atom is 0.327 e. The van der Waals surface area contributed by atoms with Crippen molar-refractivity contribution in [1.29, 1.82) is 0 Å². The lowest BCUT2D eigenvalue weighted by Gasteiger charge is -2.14. The van der Waals surface area contributed by atoms with Gasteiger partial charge >= 0.3 is 9.74 Å². The maximum absolute atomic E-state index is 10.9. The van der Waals surface area contributed by atoms with E-state index in [-0.39, 0.29) is 0 Å². The van der Waals surface area contributed by atoms with Gasteiger partial charge in [-0.2, -0.15) is 8.42 Å². The van der Waals surface area contributed by atoms with E-state index in [1.807, 2.05) is 0 Å². The zero-order valence-electron chi connectivity index (χ0n) is 6.44. The fraction of sp³-hybridized carbons (Fsp3) is 1.00. The van der Waals surface area contributed by atoms with Crippen LogP contribution in [-0.4, -0.2) is 30.7 Å². The Morgan fingerprint density at radius 2 is 1.73 bits per heavy atom. The van der Waals surface area contributed by atoms with Crippen molar-refractivity contribution in [2.24, 2.45) is 0 Å². The summed E-state index contributed by atoms with van der Waals surface area (Å²) in [7, 11) is -7.39. The zero-order valence-corrected chi connectivity index (χ0v) is 8.26. The first-order valence-corrected chi connectivity index (χ1v) is 6.71. The normalized spacial score (nSPS) is 15.3. The fourth-order valence-electron chi connectivity index (χ4n) is 0.645. The summed E-state index contributed by atoms with van der Waals surface area (Å²) in [6, 6.07) is 0. The van der Waals surface area contributed by atoms with Gasteiger partial charge in [0.05, 0.1) is 0 Å². The van der Waals surface area contributed by atoms with Gasteiger partial charge in [0.15, 0.2) is 0 Å². The molecule has 0 saturated carbocycles. The van der Waals surface area contributed by atoms with E-state index in [1.54, 1.807) is 13.8 Å². The van der Waals surface area contributed by atoms with E-state index in [2.05, 4.69) is 0 Å². The van der Waals surface area contributed by atoms with Crippen molar-refractivity contribution in [3.05, 3.63) is 0 Å². The summed E-state index contributed by atoms with van der Waals surface area (Å²) < 4.78 is 41.2. The van der Waals surface area contributed by atoms with Gasteiger partial charge in [-0.05, 0) is 0 Å². The van der Waals surface area contributed by atoms with Crippen LogP contribution >= 0.6 is 7.15 Å². The molecule has 0 aromatic rings. The highest BCUT2D eigenvalue weighted by atomic mass is 32.8. The van der Waals surface area contributed by atoms with Crippen LogP contribution in [-0.2, 0) is 14.3 Å². The molecule has 0 aliphatic heterocycles. The molecule has 1 N–H and O–H groups in total. The summed E-state index contributed by atoms with van der Waals surface area (Å²) in [5, 5.41) is 0. The molecule has 0 spiro atoms. The first-order valence-electron chi connectivity index (χ1n) is 3.19. The minimum absolute atomic E-state index is 0.355. The van der Waals surface area contributed by atoms with Gasteiger partial charge in [0.1, 0.15) is 0 Å². The smallest absolute Gasteiger partial charge is 0.290 e. The van der Waals surface area contributed by atoms with Gasteiger partial charge in [0.2, 0.25) is 0 Å². The lowest BCUT2D eigenvalue weighted by Crippen LogP contribution is -2.16.